The number of carbonyl (C=O) groups excluding carboxylic acids is 1. The van der Waals surface area contributed by atoms with E-state index < -0.39 is 0 Å². The first kappa shape index (κ1) is 17.7. The first-order chi connectivity index (χ1) is 12.0. The fourth-order valence-electron chi connectivity index (χ4n) is 3.47. The number of hydrogen-bond acceptors (Lipinski definition) is 2. The van der Waals surface area contributed by atoms with E-state index in [9.17, 15) is 4.79 Å². The van der Waals surface area contributed by atoms with Crippen molar-refractivity contribution in [3.63, 3.8) is 0 Å². The first-order valence-electron chi connectivity index (χ1n) is 8.40. The van der Waals surface area contributed by atoms with Gasteiger partial charge in [-0.05, 0) is 54.3 Å². The topological polar surface area (TPSA) is 31.2 Å². The molecule has 0 unspecified atom stereocenters. The lowest BCUT2D eigenvalue weighted by Gasteiger charge is -2.11. The van der Waals surface area contributed by atoms with E-state index in [1.807, 2.05) is 6.07 Å². The van der Waals surface area contributed by atoms with Crippen LogP contribution in [0, 0.1) is 6.92 Å². The molecule has 0 spiro atoms. The molecule has 1 heterocycles. The van der Waals surface area contributed by atoms with Gasteiger partial charge in [0, 0.05) is 34.0 Å². The number of methoxy groups -OCH3 is 1. The van der Waals surface area contributed by atoms with Crippen molar-refractivity contribution in [1.29, 1.82) is 0 Å². The molecule has 1 atom stereocenters. The predicted octanol–water partition coefficient (Wildman–Crippen LogP) is 5.46. The highest BCUT2D eigenvalue weighted by atomic mass is 79.9. The Morgan fingerprint density at radius 2 is 1.92 bits per heavy atom. The Bertz CT molecular complexity index is 896. The maximum Gasteiger partial charge on any atom is 0.120 e. The summed E-state index contributed by atoms with van der Waals surface area (Å²) in [6.45, 7) is 5.05. The Labute approximate surface area is 156 Å². The average Bonchev–Trinajstić information content (AvgIpc) is 2.88. The van der Waals surface area contributed by atoms with Crippen molar-refractivity contribution in [1.82, 2.24) is 4.57 Å². The SMILES string of the molecule is COc1ccc2c(c1)c([C@H](C)CC=O)c(C)n2Cc1ccc(Br)cc1. The molecule has 3 nitrogen and oxygen atoms in total. The van der Waals surface area contributed by atoms with E-state index in [4.69, 9.17) is 4.74 Å². The van der Waals surface area contributed by atoms with E-state index in [1.165, 1.54) is 27.7 Å². The van der Waals surface area contributed by atoms with Crippen molar-refractivity contribution in [3.8, 4) is 5.75 Å². The van der Waals surface area contributed by atoms with Crippen LogP contribution in [0.2, 0.25) is 0 Å². The molecular formula is C21H22BrNO2. The molecular weight excluding hydrogens is 378 g/mol. The molecule has 4 heteroatoms. The van der Waals surface area contributed by atoms with Crippen molar-refractivity contribution < 1.29 is 9.53 Å². The minimum atomic E-state index is 0.179. The van der Waals surface area contributed by atoms with Crippen molar-refractivity contribution in [2.24, 2.45) is 0 Å². The van der Waals surface area contributed by atoms with Gasteiger partial charge < -0.3 is 14.1 Å². The first-order valence-corrected chi connectivity index (χ1v) is 9.19. The molecule has 0 aliphatic heterocycles. The number of carbonyl (C=O) groups is 1. The summed E-state index contributed by atoms with van der Waals surface area (Å²) >= 11 is 3.49. The minimum Gasteiger partial charge on any atom is -0.497 e. The Morgan fingerprint density at radius 3 is 2.56 bits per heavy atom. The van der Waals surface area contributed by atoms with Gasteiger partial charge in [-0.25, -0.2) is 0 Å². The van der Waals surface area contributed by atoms with E-state index >= 15 is 0 Å². The van der Waals surface area contributed by atoms with Crippen LogP contribution in [0.4, 0.5) is 0 Å². The zero-order chi connectivity index (χ0) is 18.0. The van der Waals surface area contributed by atoms with E-state index in [1.54, 1.807) is 7.11 Å². The van der Waals surface area contributed by atoms with Gasteiger partial charge in [-0.15, -0.1) is 0 Å². The number of fused-ring (bicyclic) bond motifs is 1. The second kappa shape index (κ2) is 7.44. The van der Waals surface area contributed by atoms with Crippen LogP contribution in [0.25, 0.3) is 10.9 Å². The van der Waals surface area contributed by atoms with E-state index in [0.29, 0.717) is 6.42 Å². The molecule has 2 aromatic carbocycles. The van der Waals surface area contributed by atoms with E-state index in [-0.39, 0.29) is 5.92 Å². The number of halogens is 1. The molecule has 3 aromatic rings. The number of nitrogens with zero attached hydrogens (tertiary/aromatic N) is 1. The van der Waals surface area contributed by atoms with Gasteiger partial charge >= 0.3 is 0 Å². The molecule has 0 amide bonds. The lowest BCUT2D eigenvalue weighted by molar-refractivity contribution is -0.108. The van der Waals surface area contributed by atoms with Gasteiger partial charge in [-0.3, -0.25) is 0 Å². The van der Waals surface area contributed by atoms with Crippen molar-refractivity contribution in [2.75, 3.05) is 7.11 Å². The number of rotatable bonds is 6. The van der Waals surface area contributed by atoms with E-state index in [0.717, 1.165) is 23.1 Å². The molecule has 0 fully saturated rings. The van der Waals surface area contributed by atoms with Gasteiger partial charge in [-0.2, -0.15) is 0 Å². The van der Waals surface area contributed by atoms with Crippen LogP contribution in [0.15, 0.2) is 46.9 Å². The molecule has 1 aromatic heterocycles. The lowest BCUT2D eigenvalue weighted by Crippen LogP contribution is -2.03. The highest BCUT2D eigenvalue weighted by molar-refractivity contribution is 9.10. The van der Waals surface area contributed by atoms with Crippen LogP contribution < -0.4 is 4.74 Å². The van der Waals surface area contributed by atoms with Crippen LogP contribution in [0.1, 0.15) is 36.1 Å². The quantitative estimate of drug-likeness (QED) is 0.515. The standard InChI is InChI=1S/C21H22BrNO2/c1-14(10-11-24)21-15(2)23(13-16-4-6-17(22)7-5-16)20-9-8-18(25-3)12-19(20)21/h4-9,11-12,14H,10,13H2,1-3H3/t14-/m1/s1. The van der Waals surface area contributed by atoms with Crippen molar-refractivity contribution in [3.05, 3.63) is 63.8 Å². The van der Waals surface area contributed by atoms with Crippen molar-refractivity contribution >= 4 is 33.1 Å². The summed E-state index contributed by atoms with van der Waals surface area (Å²) < 4.78 is 8.82. The predicted molar refractivity (Wildman–Crippen MR) is 106 cm³/mol. The maximum atomic E-state index is 11.1. The summed E-state index contributed by atoms with van der Waals surface area (Å²) in [6, 6.07) is 14.6. The fraction of sp³-hybridized carbons (Fsp3) is 0.286. The minimum absolute atomic E-state index is 0.179. The van der Waals surface area contributed by atoms with Crippen LogP contribution in [0.5, 0.6) is 5.75 Å². The van der Waals surface area contributed by atoms with Gasteiger partial charge in [0.15, 0.2) is 0 Å². The molecule has 0 saturated carbocycles. The Hall–Kier alpha value is -2.07. The summed E-state index contributed by atoms with van der Waals surface area (Å²) in [5.74, 6) is 1.02. The normalized spacial score (nSPS) is 12.3. The third kappa shape index (κ3) is 3.49. The number of ether oxygens (including phenoxy) is 1. The number of aldehydes is 1. The molecule has 0 N–H and O–H groups in total. The highest BCUT2D eigenvalue weighted by Gasteiger charge is 2.19. The van der Waals surface area contributed by atoms with Gasteiger partial charge in [0.05, 0.1) is 7.11 Å². The van der Waals surface area contributed by atoms with Crippen molar-refractivity contribution in [2.45, 2.75) is 32.7 Å². The number of aromatic nitrogens is 1. The summed E-state index contributed by atoms with van der Waals surface area (Å²) in [5, 5.41) is 1.17. The molecule has 0 bridgehead atoms. The Balaban J connectivity index is 2.15. The summed E-state index contributed by atoms with van der Waals surface area (Å²) in [7, 11) is 1.68. The second-order valence-electron chi connectivity index (χ2n) is 6.40. The molecule has 0 saturated heterocycles. The van der Waals surface area contributed by atoms with Gasteiger partial charge in [0.2, 0.25) is 0 Å². The Morgan fingerprint density at radius 1 is 1.20 bits per heavy atom. The molecule has 3 rings (SSSR count). The summed E-state index contributed by atoms with van der Waals surface area (Å²) in [5.41, 5.74) is 4.86. The highest BCUT2D eigenvalue weighted by Crippen LogP contribution is 2.35. The average molecular weight is 400 g/mol. The third-order valence-electron chi connectivity index (χ3n) is 4.78. The maximum absolute atomic E-state index is 11.1. The van der Waals surface area contributed by atoms with Crippen LogP contribution in [0.3, 0.4) is 0 Å². The van der Waals surface area contributed by atoms with Gasteiger partial charge in [0.25, 0.3) is 0 Å². The molecule has 0 radical (unpaired) electrons. The summed E-state index contributed by atoms with van der Waals surface area (Å²) in [6.07, 6.45) is 1.53. The number of hydrogen-bond donors (Lipinski definition) is 0. The van der Waals surface area contributed by atoms with Crippen LogP contribution in [-0.2, 0) is 11.3 Å². The Kier molecular flexibility index (Phi) is 5.28. The monoisotopic (exact) mass is 399 g/mol. The largest absolute Gasteiger partial charge is 0.497 e. The molecule has 0 aliphatic carbocycles. The van der Waals surface area contributed by atoms with Crippen LogP contribution in [-0.4, -0.2) is 18.0 Å². The molecule has 0 aliphatic rings. The molecule has 25 heavy (non-hydrogen) atoms. The molecule has 130 valence electrons. The zero-order valence-electron chi connectivity index (χ0n) is 14.8. The smallest absolute Gasteiger partial charge is 0.120 e. The fourth-order valence-corrected chi connectivity index (χ4v) is 3.74. The second-order valence-corrected chi connectivity index (χ2v) is 7.31. The lowest BCUT2D eigenvalue weighted by atomic mass is 9.95. The number of benzene rings is 2. The third-order valence-corrected chi connectivity index (χ3v) is 5.30. The zero-order valence-corrected chi connectivity index (χ0v) is 16.3. The summed E-state index contributed by atoms with van der Waals surface area (Å²) in [4.78, 5) is 11.1. The van der Waals surface area contributed by atoms with Crippen LogP contribution >= 0.6 is 15.9 Å². The van der Waals surface area contributed by atoms with Gasteiger partial charge in [0.1, 0.15) is 12.0 Å². The van der Waals surface area contributed by atoms with E-state index in [2.05, 4.69) is 70.7 Å². The van der Waals surface area contributed by atoms with Gasteiger partial charge in [-0.1, -0.05) is 35.0 Å².